The molecule has 1 fully saturated rings. The Balaban J connectivity index is 1.59. The van der Waals surface area contributed by atoms with Crippen LogP contribution in [0.4, 0.5) is 11.4 Å². The Morgan fingerprint density at radius 3 is 2.38 bits per heavy atom. The average Bonchev–Trinajstić information content (AvgIpc) is 2.84. The molecule has 3 aromatic carbocycles. The van der Waals surface area contributed by atoms with Crippen LogP contribution in [-0.2, 0) is 4.79 Å². The molecule has 0 radical (unpaired) electrons. The molecule has 2 aliphatic rings. The number of carbonyl (C=O) groups excluding carboxylic acids is 1. The van der Waals surface area contributed by atoms with Gasteiger partial charge in [-0.25, -0.2) is 0 Å². The molecular formula is C26H25N3O4S. The van der Waals surface area contributed by atoms with E-state index in [9.17, 15) is 4.79 Å². The molecule has 0 aromatic heterocycles. The maximum atomic E-state index is 13.8. The molecule has 0 aliphatic carbocycles. The van der Waals surface area contributed by atoms with Gasteiger partial charge in [0.15, 0.2) is 10.8 Å². The topological polar surface area (TPSA) is 72.1 Å². The average molecular weight is 476 g/mol. The van der Waals surface area contributed by atoms with Crippen LogP contribution >= 0.6 is 12.2 Å². The van der Waals surface area contributed by atoms with E-state index in [-0.39, 0.29) is 5.91 Å². The zero-order chi connectivity index (χ0) is 23.9. The van der Waals surface area contributed by atoms with E-state index in [0.29, 0.717) is 28.0 Å². The lowest BCUT2D eigenvalue weighted by Gasteiger charge is -2.56. The Hall–Kier alpha value is -3.78. The lowest BCUT2D eigenvalue weighted by atomic mass is 9.78. The largest absolute Gasteiger partial charge is 0.497 e. The van der Waals surface area contributed by atoms with Gasteiger partial charge in [0.25, 0.3) is 0 Å². The summed E-state index contributed by atoms with van der Waals surface area (Å²) in [7, 11) is 3.22. The van der Waals surface area contributed by atoms with E-state index >= 15 is 0 Å². The minimum Gasteiger partial charge on any atom is -0.497 e. The summed E-state index contributed by atoms with van der Waals surface area (Å²) in [5, 5.41) is 6.94. The van der Waals surface area contributed by atoms with Gasteiger partial charge in [-0.15, -0.1) is 0 Å². The van der Waals surface area contributed by atoms with Crippen molar-refractivity contribution in [2.45, 2.75) is 18.7 Å². The summed E-state index contributed by atoms with van der Waals surface area (Å²) in [4.78, 5) is 15.7. The second-order valence-corrected chi connectivity index (χ2v) is 8.74. The van der Waals surface area contributed by atoms with E-state index in [0.717, 1.165) is 11.3 Å². The molecule has 0 spiro atoms. The van der Waals surface area contributed by atoms with Gasteiger partial charge in [0.05, 0.1) is 20.3 Å². The van der Waals surface area contributed by atoms with Crippen molar-refractivity contribution >= 4 is 34.6 Å². The number of para-hydroxylation sites is 1. The van der Waals surface area contributed by atoms with Crippen molar-refractivity contribution in [3.8, 4) is 17.2 Å². The van der Waals surface area contributed by atoms with Gasteiger partial charge in [-0.1, -0.05) is 18.2 Å². The first kappa shape index (κ1) is 22.0. The standard InChI is InChI=1S/C26H25N3O4S/c1-26-22(24(30)27-16-9-11-18(31-2)12-10-16)23(20-15-19(32-3)13-14-21(20)33-26)28-25(34)29(26)17-7-5-4-6-8-17/h4-15,22-23H,1-3H3,(H,27,30)(H,28,34)/t22-,23+,26+/m1/s1. The lowest BCUT2D eigenvalue weighted by molar-refractivity contribution is -0.130. The first-order valence-electron chi connectivity index (χ1n) is 10.9. The molecule has 3 atom stereocenters. The first-order valence-corrected chi connectivity index (χ1v) is 11.3. The van der Waals surface area contributed by atoms with Crippen LogP contribution in [0.15, 0.2) is 72.8 Å². The summed E-state index contributed by atoms with van der Waals surface area (Å²) in [6.07, 6.45) is 0. The molecule has 0 unspecified atom stereocenters. The zero-order valence-corrected chi connectivity index (χ0v) is 19.9. The SMILES string of the molecule is COc1ccc(NC(=O)[C@H]2[C@H]3NC(=S)N(c4ccccc4)[C@@]2(C)Oc2ccc(OC)cc23)cc1. The van der Waals surface area contributed by atoms with Crippen molar-refractivity contribution < 1.29 is 19.0 Å². The molecule has 2 aliphatic heterocycles. The van der Waals surface area contributed by atoms with Gasteiger partial charge in [0.2, 0.25) is 5.91 Å². The summed E-state index contributed by atoms with van der Waals surface area (Å²) in [5.41, 5.74) is 1.24. The normalized spacial score (nSPS) is 22.7. The van der Waals surface area contributed by atoms with Crippen molar-refractivity contribution in [2.24, 2.45) is 5.92 Å². The maximum Gasteiger partial charge on any atom is 0.236 e. The number of benzene rings is 3. The molecule has 1 saturated heterocycles. The van der Waals surface area contributed by atoms with Gasteiger partial charge in [-0.2, -0.15) is 0 Å². The number of hydrogen-bond donors (Lipinski definition) is 2. The number of rotatable bonds is 5. The molecule has 0 saturated carbocycles. The second kappa shape index (κ2) is 8.53. The predicted molar refractivity (Wildman–Crippen MR) is 135 cm³/mol. The van der Waals surface area contributed by atoms with Gasteiger partial charge in [-0.3, -0.25) is 9.69 Å². The molecule has 1 amide bonds. The number of thiocarbonyl (C=S) groups is 1. The van der Waals surface area contributed by atoms with Crippen molar-refractivity contribution in [1.29, 1.82) is 0 Å². The quantitative estimate of drug-likeness (QED) is 0.527. The van der Waals surface area contributed by atoms with Gasteiger partial charge in [-0.05, 0) is 73.7 Å². The van der Waals surface area contributed by atoms with E-state index in [4.69, 9.17) is 26.4 Å². The molecular weight excluding hydrogens is 450 g/mol. The number of nitrogens with one attached hydrogen (secondary N) is 2. The van der Waals surface area contributed by atoms with Gasteiger partial charge in [0, 0.05) is 16.9 Å². The number of ether oxygens (including phenoxy) is 3. The van der Waals surface area contributed by atoms with E-state index in [1.54, 1.807) is 26.4 Å². The van der Waals surface area contributed by atoms with Gasteiger partial charge < -0.3 is 24.8 Å². The number of amides is 1. The van der Waals surface area contributed by atoms with Crippen LogP contribution < -0.4 is 29.7 Å². The van der Waals surface area contributed by atoms with E-state index in [1.807, 2.05) is 72.5 Å². The fourth-order valence-corrected chi connectivity index (χ4v) is 5.16. The fraction of sp³-hybridized carbons (Fsp3) is 0.231. The molecule has 7 nitrogen and oxygen atoms in total. The summed E-state index contributed by atoms with van der Waals surface area (Å²) in [6, 6.07) is 22.1. The van der Waals surface area contributed by atoms with Crippen LogP contribution in [-0.4, -0.2) is 31.0 Å². The number of methoxy groups -OCH3 is 2. The Labute approximate surface area is 203 Å². The summed E-state index contributed by atoms with van der Waals surface area (Å²) in [5.74, 6) is 1.24. The van der Waals surface area contributed by atoms with Crippen LogP contribution in [0.25, 0.3) is 0 Å². The monoisotopic (exact) mass is 475 g/mol. The van der Waals surface area contributed by atoms with Crippen molar-refractivity contribution in [3.63, 3.8) is 0 Å². The van der Waals surface area contributed by atoms with Crippen molar-refractivity contribution in [1.82, 2.24) is 5.32 Å². The minimum absolute atomic E-state index is 0.193. The summed E-state index contributed by atoms with van der Waals surface area (Å²) in [6.45, 7) is 1.91. The third-order valence-electron chi connectivity index (χ3n) is 6.36. The summed E-state index contributed by atoms with van der Waals surface area (Å²) >= 11 is 5.78. The number of nitrogens with zero attached hydrogens (tertiary/aromatic N) is 1. The first-order chi connectivity index (χ1) is 16.4. The van der Waals surface area contributed by atoms with Gasteiger partial charge in [0.1, 0.15) is 23.2 Å². The minimum atomic E-state index is -1.08. The molecule has 3 aromatic rings. The van der Waals surface area contributed by atoms with E-state index < -0.39 is 17.7 Å². The summed E-state index contributed by atoms with van der Waals surface area (Å²) < 4.78 is 17.3. The highest BCUT2D eigenvalue weighted by molar-refractivity contribution is 7.80. The zero-order valence-electron chi connectivity index (χ0n) is 19.1. The highest BCUT2D eigenvalue weighted by Crippen LogP contribution is 2.50. The molecule has 2 bridgehead atoms. The van der Waals surface area contributed by atoms with Crippen LogP contribution in [0.3, 0.4) is 0 Å². The van der Waals surface area contributed by atoms with Crippen molar-refractivity contribution in [2.75, 3.05) is 24.4 Å². The number of carbonyl (C=O) groups is 1. The third kappa shape index (κ3) is 3.60. The molecule has 2 N–H and O–H groups in total. The smallest absolute Gasteiger partial charge is 0.236 e. The fourth-order valence-electron chi connectivity index (χ4n) is 4.75. The molecule has 2 heterocycles. The Kier molecular flexibility index (Phi) is 5.53. The highest BCUT2D eigenvalue weighted by atomic mass is 32.1. The number of hydrogen-bond acceptors (Lipinski definition) is 5. The third-order valence-corrected chi connectivity index (χ3v) is 6.66. The van der Waals surface area contributed by atoms with Crippen LogP contribution in [0, 0.1) is 5.92 Å². The number of fused-ring (bicyclic) bond motifs is 4. The molecule has 5 rings (SSSR count). The highest BCUT2D eigenvalue weighted by Gasteiger charge is 2.59. The molecule has 34 heavy (non-hydrogen) atoms. The van der Waals surface area contributed by atoms with Crippen molar-refractivity contribution in [3.05, 3.63) is 78.4 Å². The number of anilines is 2. The lowest BCUT2D eigenvalue weighted by Crippen LogP contribution is -2.72. The molecule has 174 valence electrons. The Morgan fingerprint density at radius 2 is 1.71 bits per heavy atom. The van der Waals surface area contributed by atoms with E-state index in [2.05, 4.69) is 10.6 Å². The predicted octanol–water partition coefficient (Wildman–Crippen LogP) is 4.50. The Morgan fingerprint density at radius 1 is 1.03 bits per heavy atom. The van der Waals surface area contributed by atoms with Crippen LogP contribution in [0.5, 0.6) is 17.2 Å². The van der Waals surface area contributed by atoms with Crippen LogP contribution in [0.1, 0.15) is 18.5 Å². The van der Waals surface area contributed by atoms with Gasteiger partial charge >= 0.3 is 0 Å². The van der Waals surface area contributed by atoms with Crippen LogP contribution in [0.2, 0.25) is 0 Å². The molecule has 8 heteroatoms. The second-order valence-electron chi connectivity index (χ2n) is 8.35. The maximum absolute atomic E-state index is 13.8. The Bertz CT molecular complexity index is 1230. The van der Waals surface area contributed by atoms with E-state index in [1.165, 1.54) is 0 Å².